The van der Waals surface area contributed by atoms with Crippen LogP contribution in [0, 0.1) is 0 Å². The number of methoxy groups -OCH3 is 2. The van der Waals surface area contributed by atoms with Crippen LogP contribution in [0.2, 0.25) is 0 Å². The lowest BCUT2D eigenvalue weighted by Gasteiger charge is -2.23. The summed E-state index contributed by atoms with van der Waals surface area (Å²) in [4.78, 5) is 0. The molecule has 0 aliphatic carbocycles. The van der Waals surface area contributed by atoms with Gasteiger partial charge in [0.15, 0.2) is 0 Å². The van der Waals surface area contributed by atoms with Crippen molar-refractivity contribution < 1.29 is 9.47 Å². The average molecular weight is 855 g/mol. The average Bonchev–Trinajstić information content (AvgIpc) is 3.92. The molecule has 0 saturated heterocycles. The summed E-state index contributed by atoms with van der Waals surface area (Å²) in [6.07, 6.45) is 0. The van der Waals surface area contributed by atoms with Crippen molar-refractivity contribution in [3.05, 3.63) is 194 Å². The normalized spacial score (nSPS) is 11.9. The van der Waals surface area contributed by atoms with Gasteiger partial charge in [-0.3, -0.25) is 0 Å². The van der Waals surface area contributed by atoms with Crippen molar-refractivity contribution in [1.82, 2.24) is 0 Å². The molecule has 2 nitrogen and oxygen atoms in total. The van der Waals surface area contributed by atoms with E-state index in [0.717, 1.165) is 22.6 Å². The fourth-order valence-electron chi connectivity index (χ4n) is 10.3. The van der Waals surface area contributed by atoms with Gasteiger partial charge in [-0.2, -0.15) is 0 Å². The first-order valence-electron chi connectivity index (χ1n) is 21.6. The standard InChI is InChI=1S/C60H38O2S2/c1-61-39-25-21-37(22-26-39)59-49-30-47-41-17-9-11-19-53(41)63-55(47)33-45(49)43-29-44-46-34-56-48(42-18-10-12-20-54(42)64-56)31-50(46)60(38-23-27-40(62-2)28-24-38)58(36-15-7-4-8-16-36)52(44)32-51(43)57(59)35-13-5-3-6-14-35/h3-34H,1-2H3. The smallest absolute Gasteiger partial charge is 0.118 e. The molecule has 0 atom stereocenters. The lowest BCUT2D eigenvalue weighted by atomic mass is 9.80. The van der Waals surface area contributed by atoms with Crippen LogP contribution < -0.4 is 9.47 Å². The molecule has 0 aliphatic heterocycles. The highest BCUT2D eigenvalue weighted by Gasteiger charge is 2.24. The summed E-state index contributed by atoms with van der Waals surface area (Å²) in [5.74, 6) is 1.68. The molecule has 0 radical (unpaired) electrons. The molecule has 64 heavy (non-hydrogen) atoms. The number of hydrogen-bond acceptors (Lipinski definition) is 4. The van der Waals surface area contributed by atoms with Crippen molar-refractivity contribution >= 4 is 106 Å². The van der Waals surface area contributed by atoms with Gasteiger partial charge < -0.3 is 9.47 Å². The van der Waals surface area contributed by atoms with E-state index < -0.39 is 0 Å². The van der Waals surface area contributed by atoms with E-state index in [1.807, 2.05) is 22.7 Å². The van der Waals surface area contributed by atoms with Gasteiger partial charge >= 0.3 is 0 Å². The van der Waals surface area contributed by atoms with Crippen LogP contribution in [-0.4, -0.2) is 14.2 Å². The van der Waals surface area contributed by atoms with Crippen LogP contribution in [0.4, 0.5) is 0 Å². The van der Waals surface area contributed by atoms with E-state index in [4.69, 9.17) is 9.47 Å². The van der Waals surface area contributed by atoms with E-state index in [2.05, 4.69) is 194 Å². The van der Waals surface area contributed by atoms with Crippen LogP contribution in [0.5, 0.6) is 11.5 Å². The summed E-state index contributed by atoms with van der Waals surface area (Å²) in [7, 11) is 3.47. The van der Waals surface area contributed by atoms with Crippen molar-refractivity contribution in [3.8, 4) is 56.0 Å². The minimum Gasteiger partial charge on any atom is -0.497 e. The first-order chi connectivity index (χ1) is 31.6. The molecule has 13 aromatic rings. The second-order valence-corrected chi connectivity index (χ2v) is 18.8. The molecule has 11 aromatic carbocycles. The Morgan fingerprint density at radius 1 is 0.250 bits per heavy atom. The van der Waals surface area contributed by atoms with Crippen LogP contribution in [0.25, 0.3) is 128 Å². The third kappa shape index (κ3) is 5.63. The van der Waals surface area contributed by atoms with Crippen LogP contribution in [-0.2, 0) is 0 Å². The molecule has 0 unspecified atom stereocenters. The number of hydrogen-bond donors (Lipinski definition) is 0. The lowest BCUT2D eigenvalue weighted by molar-refractivity contribution is 0.415. The topological polar surface area (TPSA) is 18.5 Å². The minimum absolute atomic E-state index is 0.838. The molecular weight excluding hydrogens is 817 g/mol. The van der Waals surface area contributed by atoms with E-state index in [1.165, 1.54) is 117 Å². The number of benzene rings is 11. The van der Waals surface area contributed by atoms with Crippen LogP contribution in [0.15, 0.2) is 194 Å². The van der Waals surface area contributed by atoms with Gasteiger partial charge in [-0.15, -0.1) is 22.7 Å². The molecular formula is C60H38O2S2. The molecule has 0 N–H and O–H groups in total. The van der Waals surface area contributed by atoms with Gasteiger partial charge in [-0.25, -0.2) is 0 Å². The highest BCUT2D eigenvalue weighted by molar-refractivity contribution is 7.26. The Hall–Kier alpha value is -7.50. The molecule has 0 aliphatic rings. The number of rotatable bonds is 6. The molecule has 13 rings (SSSR count). The van der Waals surface area contributed by atoms with Gasteiger partial charge in [0, 0.05) is 40.3 Å². The minimum atomic E-state index is 0.838. The number of ether oxygens (including phenoxy) is 2. The second kappa shape index (κ2) is 14.5. The maximum absolute atomic E-state index is 5.71. The quantitative estimate of drug-likeness (QED) is 0.123. The third-order valence-electron chi connectivity index (χ3n) is 13.2. The van der Waals surface area contributed by atoms with Crippen molar-refractivity contribution in [2.45, 2.75) is 0 Å². The van der Waals surface area contributed by atoms with Crippen molar-refractivity contribution in [2.24, 2.45) is 0 Å². The van der Waals surface area contributed by atoms with Gasteiger partial charge in [0.25, 0.3) is 0 Å². The Morgan fingerprint density at radius 3 is 0.953 bits per heavy atom. The molecule has 0 amide bonds. The zero-order valence-corrected chi connectivity index (χ0v) is 36.7. The Balaban J connectivity index is 1.29. The van der Waals surface area contributed by atoms with Gasteiger partial charge in [0.05, 0.1) is 14.2 Å². The molecule has 0 fully saturated rings. The van der Waals surface area contributed by atoms with Crippen LogP contribution >= 0.6 is 22.7 Å². The summed E-state index contributed by atoms with van der Waals surface area (Å²) in [5.41, 5.74) is 9.54. The predicted molar refractivity (Wildman–Crippen MR) is 277 cm³/mol. The molecule has 302 valence electrons. The monoisotopic (exact) mass is 854 g/mol. The van der Waals surface area contributed by atoms with E-state index in [-0.39, 0.29) is 0 Å². The second-order valence-electron chi connectivity index (χ2n) is 16.6. The largest absolute Gasteiger partial charge is 0.497 e. The first-order valence-corrected chi connectivity index (χ1v) is 23.3. The van der Waals surface area contributed by atoms with Gasteiger partial charge in [0.1, 0.15) is 11.5 Å². The Kier molecular flexibility index (Phi) is 8.42. The van der Waals surface area contributed by atoms with E-state index in [0.29, 0.717) is 0 Å². The molecule has 0 saturated carbocycles. The van der Waals surface area contributed by atoms with Crippen molar-refractivity contribution in [3.63, 3.8) is 0 Å². The Morgan fingerprint density at radius 2 is 0.562 bits per heavy atom. The van der Waals surface area contributed by atoms with E-state index in [1.54, 1.807) is 14.2 Å². The highest BCUT2D eigenvalue weighted by atomic mass is 32.1. The summed E-state index contributed by atoms with van der Waals surface area (Å²) in [6.45, 7) is 0. The molecule has 2 aromatic heterocycles. The Labute approximate surface area is 377 Å². The van der Waals surface area contributed by atoms with Crippen molar-refractivity contribution in [2.75, 3.05) is 14.2 Å². The van der Waals surface area contributed by atoms with E-state index >= 15 is 0 Å². The van der Waals surface area contributed by atoms with Crippen molar-refractivity contribution in [1.29, 1.82) is 0 Å². The zero-order valence-electron chi connectivity index (χ0n) is 35.1. The van der Waals surface area contributed by atoms with E-state index in [9.17, 15) is 0 Å². The molecule has 2 heterocycles. The van der Waals surface area contributed by atoms with Crippen LogP contribution in [0.3, 0.4) is 0 Å². The predicted octanol–water partition coefficient (Wildman–Crippen LogP) is 17.7. The van der Waals surface area contributed by atoms with Gasteiger partial charge in [-0.05, 0) is 160 Å². The molecule has 0 spiro atoms. The summed E-state index contributed by atoms with van der Waals surface area (Å²) < 4.78 is 16.6. The highest BCUT2D eigenvalue weighted by Crippen LogP contribution is 2.53. The first kappa shape index (κ1) is 37.1. The molecule has 0 bridgehead atoms. The van der Waals surface area contributed by atoms with Gasteiger partial charge in [-0.1, -0.05) is 121 Å². The van der Waals surface area contributed by atoms with Gasteiger partial charge in [0.2, 0.25) is 0 Å². The fraction of sp³-hybridized carbons (Fsp3) is 0.0333. The van der Waals surface area contributed by atoms with Crippen LogP contribution in [0.1, 0.15) is 0 Å². The lowest BCUT2D eigenvalue weighted by Crippen LogP contribution is -1.95. The third-order valence-corrected chi connectivity index (χ3v) is 15.5. The summed E-state index contributed by atoms with van der Waals surface area (Å²) >= 11 is 3.76. The molecule has 4 heteroatoms. The zero-order chi connectivity index (χ0) is 42.5. The summed E-state index contributed by atoms with van der Waals surface area (Å²) in [6, 6.07) is 71.9. The summed E-state index contributed by atoms with van der Waals surface area (Å²) in [5, 5.41) is 15.1. The maximum atomic E-state index is 5.71. The maximum Gasteiger partial charge on any atom is 0.118 e. The Bertz CT molecular complexity index is 3740. The SMILES string of the molecule is COc1ccc(-c2c(-c3ccccc3)c3cc4c(-c5ccccc5)c(-c5ccc(OC)cc5)c5cc6c(cc5c4cc3c3cc4sc5ccccc5c4cc23)sc2ccccc26)cc1. The fourth-order valence-corrected chi connectivity index (χ4v) is 12.6. The number of fused-ring (bicyclic) bond motifs is 12. The number of thiophene rings is 2.